The van der Waals surface area contributed by atoms with Gasteiger partial charge in [0.25, 0.3) is 11.5 Å². The second-order valence-electron chi connectivity index (χ2n) is 8.68. The van der Waals surface area contributed by atoms with Crippen molar-refractivity contribution in [2.24, 2.45) is 5.92 Å². The first-order valence-corrected chi connectivity index (χ1v) is 11.7. The summed E-state index contributed by atoms with van der Waals surface area (Å²) in [5, 5.41) is 8.42. The molecule has 1 aliphatic heterocycles. The van der Waals surface area contributed by atoms with Gasteiger partial charge >= 0.3 is 0 Å². The maximum Gasteiger partial charge on any atom is 0.294 e. The van der Waals surface area contributed by atoms with E-state index in [0.29, 0.717) is 29.4 Å². The molecule has 4 aromatic rings. The zero-order chi connectivity index (χ0) is 22.7. The largest absolute Gasteiger partial charge is 0.380 e. The number of carbonyl (C=O) groups excluding carboxylic acids is 1. The summed E-state index contributed by atoms with van der Waals surface area (Å²) in [5.74, 6) is 1.87. The van der Waals surface area contributed by atoms with Gasteiger partial charge in [0.1, 0.15) is 11.6 Å². The fourth-order valence-electron chi connectivity index (χ4n) is 4.58. The lowest BCUT2D eigenvalue weighted by Gasteiger charge is -2.19. The highest BCUT2D eigenvalue weighted by molar-refractivity contribution is 9.10. The molecule has 1 aliphatic carbocycles. The molecule has 3 aromatic heterocycles. The smallest absolute Gasteiger partial charge is 0.294 e. The standard InChI is InChI=1S/C23H21BrN6O3.CH4/c1-33-11-14-8-18-17(26-22(31)21-28-27-19(30(18)21)6-12-2-3-12)9-16(14)23(32)29-5-4-13-7-15(24)10-25-20(13)29;/h7-10,12H,2-6,11H2,1H3,(H,26,31);1H4. The van der Waals surface area contributed by atoms with E-state index in [4.69, 9.17) is 4.74 Å². The molecular weight excluding hydrogens is 500 g/mol. The van der Waals surface area contributed by atoms with Crippen molar-refractivity contribution in [2.75, 3.05) is 18.6 Å². The van der Waals surface area contributed by atoms with Gasteiger partial charge in [0.15, 0.2) is 0 Å². The molecule has 1 N–H and O–H groups in total. The van der Waals surface area contributed by atoms with E-state index in [2.05, 4.69) is 36.1 Å². The number of anilines is 1. The van der Waals surface area contributed by atoms with Crippen LogP contribution in [-0.4, -0.2) is 44.1 Å². The van der Waals surface area contributed by atoms with Gasteiger partial charge in [0.05, 0.1) is 17.6 Å². The summed E-state index contributed by atoms with van der Waals surface area (Å²) < 4.78 is 8.14. The van der Waals surface area contributed by atoms with Gasteiger partial charge in [-0.2, -0.15) is 0 Å². The zero-order valence-corrected chi connectivity index (χ0v) is 19.6. The van der Waals surface area contributed by atoms with Crippen molar-refractivity contribution in [3.63, 3.8) is 0 Å². The number of ether oxygens (including phenoxy) is 1. The van der Waals surface area contributed by atoms with E-state index in [1.807, 2.05) is 16.5 Å². The fourth-order valence-corrected chi connectivity index (χ4v) is 4.96. The molecule has 0 atom stereocenters. The zero-order valence-electron chi connectivity index (χ0n) is 18.0. The second kappa shape index (κ2) is 8.59. The number of fused-ring (bicyclic) bond motifs is 4. The molecule has 176 valence electrons. The second-order valence-corrected chi connectivity index (χ2v) is 9.60. The lowest BCUT2D eigenvalue weighted by atomic mass is 10.0. The molecule has 34 heavy (non-hydrogen) atoms. The van der Waals surface area contributed by atoms with Crippen LogP contribution in [0.25, 0.3) is 16.7 Å². The lowest BCUT2D eigenvalue weighted by molar-refractivity contribution is 0.0984. The first-order valence-electron chi connectivity index (χ1n) is 10.9. The number of halogens is 1. The first-order chi connectivity index (χ1) is 16.0. The van der Waals surface area contributed by atoms with Crippen LogP contribution < -0.4 is 10.5 Å². The minimum atomic E-state index is -0.326. The normalized spacial score (nSPS) is 15.1. The molecule has 0 saturated heterocycles. The van der Waals surface area contributed by atoms with Gasteiger partial charge < -0.3 is 9.72 Å². The summed E-state index contributed by atoms with van der Waals surface area (Å²) in [6.45, 7) is 0.806. The number of hydrogen-bond acceptors (Lipinski definition) is 6. The van der Waals surface area contributed by atoms with E-state index < -0.39 is 0 Å². The van der Waals surface area contributed by atoms with E-state index in [1.54, 1.807) is 24.3 Å². The fraction of sp³-hybridized carbons (Fsp3) is 0.375. The summed E-state index contributed by atoms with van der Waals surface area (Å²) in [4.78, 5) is 35.4. The van der Waals surface area contributed by atoms with Crippen LogP contribution in [-0.2, 0) is 24.2 Å². The Kier molecular flexibility index (Phi) is 5.73. The van der Waals surface area contributed by atoms with Crippen molar-refractivity contribution >= 4 is 44.3 Å². The van der Waals surface area contributed by atoms with E-state index in [9.17, 15) is 9.59 Å². The highest BCUT2D eigenvalue weighted by atomic mass is 79.9. The Balaban J connectivity index is 0.00000241. The predicted octanol–water partition coefficient (Wildman–Crippen LogP) is 3.67. The van der Waals surface area contributed by atoms with Gasteiger partial charge in [-0.15, -0.1) is 10.2 Å². The molecule has 2 aliphatic rings. The SMILES string of the molecule is C.COCc1cc2c(cc1C(=O)N1CCc3cc(Br)cnc31)[nH]c(=O)c1nnc(CC3CC3)n12. The Morgan fingerprint density at radius 2 is 2.09 bits per heavy atom. The topological polar surface area (TPSA) is 105 Å². The van der Waals surface area contributed by atoms with Gasteiger partial charge in [0, 0.05) is 36.3 Å². The summed E-state index contributed by atoms with van der Waals surface area (Å²) in [6.07, 6.45) is 5.56. The lowest BCUT2D eigenvalue weighted by Crippen LogP contribution is -2.30. The van der Waals surface area contributed by atoms with Crippen molar-refractivity contribution in [1.29, 1.82) is 0 Å². The van der Waals surface area contributed by atoms with Crippen molar-refractivity contribution in [3.05, 3.63) is 61.7 Å². The molecule has 1 fully saturated rings. The maximum atomic E-state index is 13.6. The number of amides is 1. The first kappa shape index (κ1) is 22.7. The van der Waals surface area contributed by atoms with Crippen LogP contribution in [0.3, 0.4) is 0 Å². The predicted molar refractivity (Wildman–Crippen MR) is 132 cm³/mol. The number of nitrogens with zero attached hydrogens (tertiary/aromatic N) is 5. The molecule has 4 heterocycles. The number of carbonyl (C=O) groups is 1. The quantitative estimate of drug-likeness (QED) is 0.427. The van der Waals surface area contributed by atoms with Crippen molar-refractivity contribution in [2.45, 2.75) is 39.7 Å². The number of pyridine rings is 1. The molecule has 9 nitrogen and oxygen atoms in total. The van der Waals surface area contributed by atoms with Crippen LogP contribution in [0.1, 0.15) is 47.6 Å². The third-order valence-electron chi connectivity index (χ3n) is 6.36. The molecule has 0 radical (unpaired) electrons. The molecule has 0 unspecified atom stereocenters. The average Bonchev–Trinajstić information content (AvgIpc) is 3.35. The maximum absolute atomic E-state index is 13.6. The number of H-pyrrole nitrogens is 1. The highest BCUT2D eigenvalue weighted by Gasteiger charge is 2.30. The van der Waals surface area contributed by atoms with Crippen molar-refractivity contribution in [3.8, 4) is 0 Å². The number of aromatic amines is 1. The van der Waals surface area contributed by atoms with Gasteiger partial charge in [-0.25, -0.2) is 4.98 Å². The van der Waals surface area contributed by atoms with E-state index in [1.165, 1.54) is 12.8 Å². The summed E-state index contributed by atoms with van der Waals surface area (Å²) in [6, 6.07) is 5.64. The molecular formula is C24H25BrN6O3. The third-order valence-corrected chi connectivity index (χ3v) is 6.79. The van der Waals surface area contributed by atoms with Crippen LogP contribution in [0, 0.1) is 5.92 Å². The van der Waals surface area contributed by atoms with Crippen molar-refractivity contribution < 1.29 is 9.53 Å². The molecule has 1 saturated carbocycles. The van der Waals surface area contributed by atoms with Crippen LogP contribution in [0.4, 0.5) is 5.82 Å². The van der Waals surface area contributed by atoms with Crippen LogP contribution in [0.5, 0.6) is 0 Å². The highest BCUT2D eigenvalue weighted by Crippen LogP contribution is 2.33. The van der Waals surface area contributed by atoms with Crippen molar-refractivity contribution in [1.82, 2.24) is 24.6 Å². The Hall–Kier alpha value is -3.11. The number of nitrogens with one attached hydrogen (secondary N) is 1. The number of aromatic nitrogens is 5. The molecule has 6 rings (SSSR count). The minimum Gasteiger partial charge on any atom is -0.380 e. The number of benzene rings is 1. The van der Waals surface area contributed by atoms with E-state index in [0.717, 1.165) is 39.8 Å². The molecule has 10 heteroatoms. The van der Waals surface area contributed by atoms with Gasteiger partial charge in [0.2, 0.25) is 5.65 Å². The molecule has 0 spiro atoms. The monoisotopic (exact) mass is 524 g/mol. The Morgan fingerprint density at radius 1 is 1.26 bits per heavy atom. The number of hydrogen-bond donors (Lipinski definition) is 1. The number of methoxy groups -OCH3 is 1. The van der Waals surface area contributed by atoms with Crippen LogP contribution in [0.2, 0.25) is 0 Å². The third kappa shape index (κ3) is 3.70. The van der Waals surface area contributed by atoms with Gasteiger partial charge in [-0.05, 0) is 70.4 Å². The Morgan fingerprint density at radius 3 is 2.85 bits per heavy atom. The summed E-state index contributed by atoms with van der Waals surface area (Å²) in [7, 11) is 1.60. The van der Waals surface area contributed by atoms with Crippen LogP contribution >= 0.6 is 15.9 Å². The Bertz CT molecular complexity index is 1490. The molecule has 0 bridgehead atoms. The van der Waals surface area contributed by atoms with Crippen LogP contribution in [0.15, 0.2) is 33.7 Å². The average molecular weight is 525 g/mol. The van der Waals surface area contributed by atoms with Gasteiger partial charge in [-0.3, -0.25) is 18.9 Å². The van der Waals surface area contributed by atoms with Gasteiger partial charge in [-0.1, -0.05) is 7.43 Å². The minimum absolute atomic E-state index is 0. The molecule has 1 amide bonds. The molecule has 1 aromatic carbocycles. The summed E-state index contributed by atoms with van der Waals surface area (Å²) >= 11 is 3.44. The Labute approximate surface area is 204 Å². The number of rotatable bonds is 5. The summed E-state index contributed by atoms with van der Waals surface area (Å²) in [5.41, 5.74) is 3.51. The van der Waals surface area contributed by atoms with E-state index in [-0.39, 0.29) is 31.1 Å². The van der Waals surface area contributed by atoms with E-state index >= 15 is 0 Å².